The number of anilines is 1. The monoisotopic (exact) mass is 258 g/mol. The lowest BCUT2D eigenvalue weighted by Gasteiger charge is -2.05. The Kier molecular flexibility index (Phi) is 2.65. The highest BCUT2D eigenvalue weighted by Crippen LogP contribution is 2.24. The highest BCUT2D eigenvalue weighted by atomic mass is 35.5. The summed E-state index contributed by atoms with van der Waals surface area (Å²) in [6.07, 6.45) is 0. The van der Waals surface area contributed by atoms with Crippen molar-refractivity contribution in [1.82, 2.24) is 14.3 Å². The molecule has 1 heterocycles. The summed E-state index contributed by atoms with van der Waals surface area (Å²) < 4.78 is 2.33. The zero-order chi connectivity index (χ0) is 11.9. The van der Waals surface area contributed by atoms with Gasteiger partial charge in [0.05, 0.1) is 10.7 Å². The molecule has 0 aliphatic heterocycles. The Hall–Kier alpha value is -1.46. The Morgan fingerprint density at radius 1 is 1.38 bits per heavy atom. The largest absolute Gasteiger partial charge is 0.368 e. The van der Waals surface area contributed by atoms with E-state index in [0.29, 0.717) is 15.7 Å². The molecule has 1 aromatic heterocycles. The van der Waals surface area contributed by atoms with Gasteiger partial charge in [-0.15, -0.1) is 5.10 Å². The van der Waals surface area contributed by atoms with E-state index in [-0.39, 0.29) is 11.6 Å². The Morgan fingerprint density at radius 2 is 2.06 bits per heavy atom. The summed E-state index contributed by atoms with van der Waals surface area (Å²) in [6, 6.07) is 4.78. The third kappa shape index (κ3) is 1.68. The van der Waals surface area contributed by atoms with Crippen LogP contribution >= 0.6 is 23.2 Å². The van der Waals surface area contributed by atoms with E-state index in [2.05, 4.69) is 5.10 Å². The average molecular weight is 259 g/mol. The number of aromatic nitrogens is 3. The van der Waals surface area contributed by atoms with E-state index in [1.54, 1.807) is 18.2 Å². The van der Waals surface area contributed by atoms with Crippen molar-refractivity contribution in [1.29, 1.82) is 0 Å². The summed E-state index contributed by atoms with van der Waals surface area (Å²) in [4.78, 5) is 11.7. The standard InChI is InChI=1S/C9H8Cl2N4O/c1-14-9(16)15(8(12)13-14)7-4-5(10)2-3-6(7)11/h2-4H,1H3,(H2,12,13). The lowest BCUT2D eigenvalue weighted by atomic mass is 10.3. The predicted octanol–water partition coefficient (Wildman–Crippen LogP) is 1.46. The van der Waals surface area contributed by atoms with Gasteiger partial charge in [-0.3, -0.25) is 0 Å². The maximum absolute atomic E-state index is 11.7. The molecule has 0 fully saturated rings. The molecule has 0 atom stereocenters. The molecule has 2 rings (SSSR count). The predicted molar refractivity (Wildman–Crippen MR) is 63.2 cm³/mol. The summed E-state index contributed by atoms with van der Waals surface area (Å²) in [5.41, 5.74) is 5.67. The molecule has 0 spiro atoms. The minimum Gasteiger partial charge on any atom is -0.368 e. The SMILES string of the molecule is Cn1nc(N)n(-c2cc(Cl)ccc2Cl)c1=O. The fourth-order valence-electron chi connectivity index (χ4n) is 1.37. The highest BCUT2D eigenvalue weighted by molar-refractivity contribution is 6.34. The first-order valence-corrected chi connectivity index (χ1v) is 5.13. The van der Waals surface area contributed by atoms with Gasteiger partial charge in [-0.05, 0) is 18.2 Å². The molecule has 0 bridgehead atoms. The maximum Gasteiger partial charge on any atom is 0.351 e. The van der Waals surface area contributed by atoms with Crippen molar-refractivity contribution in [3.8, 4) is 5.69 Å². The summed E-state index contributed by atoms with van der Waals surface area (Å²) >= 11 is 11.8. The van der Waals surface area contributed by atoms with Crippen molar-refractivity contribution in [2.45, 2.75) is 0 Å². The Morgan fingerprint density at radius 3 is 2.62 bits per heavy atom. The zero-order valence-corrected chi connectivity index (χ0v) is 9.83. The van der Waals surface area contributed by atoms with E-state index < -0.39 is 0 Å². The minimum atomic E-state index is -0.373. The zero-order valence-electron chi connectivity index (χ0n) is 8.32. The third-order valence-electron chi connectivity index (χ3n) is 2.10. The van der Waals surface area contributed by atoms with Crippen LogP contribution in [0, 0.1) is 0 Å². The lowest BCUT2D eigenvalue weighted by molar-refractivity contribution is 0.727. The van der Waals surface area contributed by atoms with Crippen LogP contribution in [0.15, 0.2) is 23.0 Å². The highest BCUT2D eigenvalue weighted by Gasteiger charge is 2.13. The fraction of sp³-hybridized carbons (Fsp3) is 0.111. The molecule has 5 nitrogen and oxygen atoms in total. The van der Waals surface area contributed by atoms with Crippen molar-refractivity contribution in [2.75, 3.05) is 5.73 Å². The molecule has 2 aromatic rings. The van der Waals surface area contributed by atoms with E-state index in [0.717, 1.165) is 4.68 Å². The van der Waals surface area contributed by atoms with Gasteiger partial charge in [-0.2, -0.15) is 0 Å². The summed E-state index contributed by atoms with van der Waals surface area (Å²) in [5.74, 6) is 0.0664. The van der Waals surface area contributed by atoms with E-state index in [4.69, 9.17) is 28.9 Å². The van der Waals surface area contributed by atoms with Crippen LogP contribution in [0.4, 0.5) is 5.95 Å². The van der Waals surface area contributed by atoms with Gasteiger partial charge >= 0.3 is 5.69 Å². The molecule has 0 aliphatic carbocycles. The molecule has 2 N–H and O–H groups in total. The van der Waals surface area contributed by atoms with Crippen LogP contribution in [-0.4, -0.2) is 14.3 Å². The van der Waals surface area contributed by atoms with Crippen molar-refractivity contribution >= 4 is 29.2 Å². The number of nitrogens with zero attached hydrogens (tertiary/aromatic N) is 3. The first-order valence-electron chi connectivity index (χ1n) is 4.37. The van der Waals surface area contributed by atoms with Gasteiger partial charge in [-0.25, -0.2) is 14.0 Å². The number of benzene rings is 1. The van der Waals surface area contributed by atoms with Crippen LogP contribution < -0.4 is 11.4 Å². The van der Waals surface area contributed by atoms with Gasteiger partial charge < -0.3 is 5.73 Å². The molecule has 84 valence electrons. The molecule has 0 unspecified atom stereocenters. The average Bonchev–Trinajstić information content (AvgIpc) is 2.46. The topological polar surface area (TPSA) is 65.8 Å². The number of aryl methyl sites for hydroxylation is 1. The number of hydrogen-bond donors (Lipinski definition) is 1. The molecule has 16 heavy (non-hydrogen) atoms. The van der Waals surface area contributed by atoms with Crippen LogP contribution in [0.5, 0.6) is 0 Å². The van der Waals surface area contributed by atoms with Gasteiger partial charge in [0.25, 0.3) is 0 Å². The van der Waals surface area contributed by atoms with Crippen LogP contribution in [0.25, 0.3) is 5.69 Å². The lowest BCUT2D eigenvalue weighted by Crippen LogP contribution is -2.22. The fourth-order valence-corrected chi connectivity index (χ4v) is 1.74. The van der Waals surface area contributed by atoms with Crippen LogP contribution in [0.3, 0.4) is 0 Å². The Bertz CT molecular complexity index is 602. The maximum atomic E-state index is 11.7. The number of rotatable bonds is 1. The third-order valence-corrected chi connectivity index (χ3v) is 2.65. The molecular formula is C9H8Cl2N4O. The van der Waals surface area contributed by atoms with E-state index in [9.17, 15) is 4.79 Å². The second-order valence-corrected chi connectivity index (χ2v) is 4.04. The summed E-state index contributed by atoms with van der Waals surface area (Å²) in [7, 11) is 1.51. The van der Waals surface area contributed by atoms with E-state index in [1.165, 1.54) is 11.6 Å². The molecule has 7 heteroatoms. The second kappa shape index (κ2) is 3.84. The molecular weight excluding hydrogens is 251 g/mol. The van der Waals surface area contributed by atoms with Crippen molar-refractivity contribution in [3.63, 3.8) is 0 Å². The summed E-state index contributed by atoms with van der Waals surface area (Å²) in [6.45, 7) is 0. The van der Waals surface area contributed by atoms with Crippen molar-refractivity contribution in [2.24, 2.45) is 7.05 Å². The summed E-state index contributed by atoms with van der Waals surface area (Å²) in [5, 5.41) is 4.65. The minimum absolute atomic E-state index is 0.0664. The molecule has 0 saturated carbocycles. The second-order valence-electron chi connectivity index (χ2n) is 3.20. The Labute approximate surface area is 101 Å². The van der Waals surface area contributed by atoms with Gasteiger partial charge in [0.1, 0.15) is 0 Å². The first kappa shape index (κ1) is 11.0. The molecule has 0 saturated heterocycles. The smallest absolute Gasteiger partial charge is 0.351 e. The van der Waals surface area contributed by atoms with Gasteiger partial charge in [-0.1, -0.05) is 23.2 Å². The number of hydrogen-bond acceptors (Lipinski definition) is 3. The van der Waals surface area contributed by atoms with E-state index >= 15 is 0 Å². The quantitative estimate of drug-likeness (QED) is 0.843. The van der Waals surface area contributed by atoms with Crippen LogP contribution in [0.2, 0.25) is 10.0 Å². The number of nitrogen functional groups attached to an aromatic ring is 1. The van der Waals surface area contributed by atoms with Crippen LogP contribution in [-0.2, 0) is 7.05 Å². The van der Waals surface area contributed by atoms with Crippen molar-refractivity contribution < 1.29 is 0 Å². The van der Waals surface area contributed by atoms with Crippen molar-refractivity contribution in [3.05, 3.63) is 38.7 Å². The van der Waals surface area contributed by atoms with Gasteiger partial charge in [0.15, 0.2) is 0 Å². The van der Waals surface area contributed by atoms with E-state index in [1.807, 2.05) is 0 Å². The molecule has 1 aromatic carbocycles. The molecule has 0 aliphatic rings. The first-order chi connectivity index (χ1) is 7.50. The molecule has 0 radical (unpaired) electrons. The van der Waals surface area contributed by atoms with Crippen LogP contribution in [0.1, 0.15) is 0 Å². The molecule has 0 amide bonds. The normalized spacial score (nSPS) is 10.7. The number of halogens is 2. The number of nitrogens with two attached hydrogens (primary N) is 1. The van der Waals surface area contributed by atoms with Gasteiger partial charge in [0.2, 0.25) is 5.95 Å². The Balaban J connectivity index is 2.77. The van der Waals surface area contributed by atoms with Gasteiger partial charge in [0, 0.05) is 12.1 Å².